The Bertz CT molecular complexity index is 1190. The van der Waals surface area contributed by atoms with Crippen LogP contribution in [0.2, 0.25) is 5.02 Å². The molecule has 0 unspecified atom stereocenters. The van der Waals surface area contributed by atoms with Crippen LogP contribution >= 0.6 is 11.6 Å². The fourth-order valence-corrected chi connectivity index (χ4v) is 3.56. The van der Waals surface area contributed by atoms with Gasteiger partial charge in [-0.05, 0) is 74.9 Å². The first-order valence-electron chi connectivity index (χ1n) is 10.5. The van der Waals surface area contributed by atoms with Gasteiger partial charge in [-0.3, -0.25) is 4.79 Å². The van der Waals surface area contributed by atoms with E-state index in [2.05, 4.69) is 23.5 Å². The molecule has 1 amide bonds. The highest BCUT2D eigenvalue weighted by Gasteiger charge is 2.12. The highest BCUT2D eigenvalue weighted by Crippen LogP contribution is 2.27. The van der Waals surface area contributed by atoms with Gasteiger partial charge in [0, 0.05) is 16.3 Å². The SMILES string of the molecule is CCOc1ccc(NC(=O)/C(C#N)=C/c2cc(Cl)ccc2OCc2cc(C)cc(C)c2)cc1. The van der Waals surface area contributed by atoms with E-state index in [0.29, 0.717) is 41.0 Å². The van der Waals surface area contributed by atoms with Crippen molar-refractivity contribution in [1.29, 1.82) is 5.26 Å². The Balaban J connectivity index is 1.79. The van der Waals surface area contributed by atoms with Gasteiger partial charge in [0.2, 0.25) is 0 Å². The van der Waals surface area contributed by atoms with Crippen molar-refractivity contribution in [2.24, 2.45) is 0 Å². The van der Waals surface area contributed by atoms with Gasteiger partial charge in [-0.15, -0.1) is 0 Å². The van der Waals surface area contributed by atoms with Crippen molar-refractivity contribution in [3.8, 4) is 17.6 Å². The fourth-order valence-electron chi connectivity index (χ4n) is 3.38. The number of benzene rings is 3. The van der Waals surface area contributed by atoms with Gasteiger partial charge >= 0.3 is 0 Å². The number of rotatable bonds is 8. The van der Waals surface area contributed by atoms with E-state index in [0.717, 1.165) is 16.7 Å². The van der Waals surface area contributed by atoms with E-state index >= 15 is 0 Å². The third kappa shape index (κ3) is 6.86. The number of hydrogen-bond acceptors (Lipinski definition) is 4. The zero-order valence-electron chi connectivity index (χ0n) is 18.8. The molecule has 0 aromatic heterocycles. The molecule has 0 aliphatic heterocycles. The Morgan fingerprint density at radius 2 is 1.73 bits per heavy atom. The number of ether oxygens (including phenoxy) is 2. The van der Waals surface area contributed by atoms with Crippen LogP contribution in [0.4, 0.5) is 5.69 Å². The number of nitrogens with zero attached hydrogens (tertiary/aromatic N) is 1. The van der Waals surface area contributed by atoms with Crippen molar-refractivity contribution < 1.29 is 14.3 Å². The minimum Gasteiger partial charge on any atom is -0.494 e. The summed E-state index contributed by atoms with van der Waals surface area (Å²) >= 11 is 6.17. The highest BCUT2D eigenvalue weighted by molar-refractivity contribution is 6.30. The number of nitrogens with one attached hydrogen (secondary N) is 1. The van der Waals surface area contributed by atoms with Gasteiger partial charge in [-0.2, -0.15) is 5.26 Å². The molecule has 0 heterocycles. The number of hydrogen-bond donors (Lipinski definition) is 1. The summed E-state index contributed by atoms with van der Waals surface area (Å²) in [7, 11) is 0. The van der Waals surface area contributed by atoms with Gasteiger partial charge in [0.05, 0.1) is 6.61 Å². The molecule has 0 aliphatic carbocycles. The maximum atomic E-state index is 12.7. The summed E-state index contributed by atoms with van der Waals surface area (Å²) < 4.78 is 11.4. The van der Waals surface area contributed by atoms with Crippen LogP contribution in [0.5, 0.6) is 11.5 Å². The van der Waals surface area contributed by atoms with E-state index in [1.165, 1.54) is 6.08 Å². The minimum atomic E-state index is -0.526. The van der Waals surface area contributed by atoms with Crippen LogP contribution in [0.15, 0.2) is 66.2 Å². The molecular weight excluding hydrogens is 436 g/mol. The lowest BCUT2D eigenvalue weighted by molar-refractivity contribution is -0.112. The van der Waals surface area contributed by atoms with E-state index in [4.69, 9.17) is 21.1 Å². The zero-order chi connectivity index (χ0) is 23.8. The predicted octanol–water partition coefficient (Wildman–Crippen LogP) is 6.48. The number of aryl methyl sites for hydroxylation is 2. The first kappa shape index (κ1) is 23.9. The summed E-state index contributed by atoms with van der Waals surface area (Å²) in [4.78, 5) is 12.7. The molecule has 0 saturated carbocycles. The maximum absolute atomic E-state index is 12.7. The Kier molecular flexibility index (Phi) is 8.12. The number of nitriles is 1. The molecule has 0 fully saturated rings. The molecule has 6 heteroatoms. The average molecular weight is 461 g/mol. The second-order valence-corrected chi connectivity index (χ2v) is 7.98. The Morgan fingerprint density at radius 1 is 1.03 bits per heavy atom. The largest absolute Gasteiger partial charge is 0.494 e. The molecule has 0 atom stereocenters. The molecule has 0 bridgehead atoms. The first-order valence-corrected chi connectivity index (χ1v) is 10.9. The molecular formula is C27H25ClN2O3. The molecule has 0 radical (unpaired) electrons. The lowest BCUT2D eigenvalue weighted by atomic mass is 10.1. The predicted molar refractivity (Wildman–Crippen MR) is 132 cm³/mol. The summed E-state index contributed by atoms with van der Waals surface area (Å²) in [5.74, 6) is 0.707. The summed E-state index contributed by atoms with van der Waals surface area (Å²) in [5.41, 5.74) is 4.38. The second kappa shape index (κ2) is 11.2. The summed E-state index contributed by atoms with van der Waals surface area (Å²) in [6, 6.07) is 20.2. The lowest BCUT2D eigenvalue weighted by Crippen LogP contribution is -2.13. The average Bonchev–Trinajstić information content (AvgIpc) is 2.77. The van der Waals surface area contributed by atoms with E-state index in [1.807, 2.05) is 26.8 Å². The molecule has 0 aliphatic rings. The van der Waals surface area contributed by atoms with Crippen LogP contribution in [0.1, 0.15) is 29.2 Å². The van der Waals surface area contributed by atoms with E-state index < -0.39 is 5.91 Å². The normalized spacial score (nSPS) is 10.9. The lowest BCUT2D eigenvalue weighted by Gasteiger charge is -2.12. The molecule has 3 rings (SSSR count). The number of carbonyl (C=O) groups excluding carboxylic acids is 1. The van der Waals surface area contributed by atoms with E-state index in [-0.39, 0.29) is 5.57 Å². The number of amides is 1. The van der Waals surface area contributed by atoms with E-state index in [1.54, 1.807) is 42.5 Å². The number of halogens is 1. The van der Waals surface area contributed by atoms with Gasteiger partial charge < -0.3 is 14.8 Å². The van der Waals surface area contributed by atoms with Gasteiger partial charge in [-0.1, -0.05) is 40.9 Å². The standard InChI is InChI=1S/C27H25ClN2O3/c1-4-32-25-8-6-24(7-9-25)30-27(31)22(16-29)14-21-15-23(28)5-10-26(21)33-17-20-12-18(2)11-19(3)13-20/h5-15H,4,17H2,1-3H3,(H,30,31)/b22-14+. The summed E-state index contributed by atoms with van der Waals surface area (Å²) in [6.07, 6.45) is 1.48. The number of carbonyl (C=O) groups is 1. The van der Waals surface area contributed by atoms with Crippen LogP contribution in [0, 0.1) is 25.2 Å². The van der Waals surface area contributed by atoms with Crippen molar-refractivity contribution in [2.45, 2.75) is 27.4 Å². The summed E-state index contributed by atoms with van der Waals surface area (Å²) in [5, 5.41) is 12.8. The van der Waals surface area contributed by atoms with Crippen LogP contribution < -0.4 is 14.8 Å². The molecule has 0 spiro atoms. The van der Waals surface area contributed by atoms with Crippen molar-refractivity contribution >= 4 is 29.3 Å². The monoisotopic (exact) mass is 460 g/mol. The highest BCUT2D eigenvalue weighted by atomic mass is 35.5. The third-order valence-electron chi connectivity index (χ3n) is 4.74. The van der Waals surface area contributed by atoms with E-state index in [9.17, 15) is 10.1 Å². The van der Waals surface area contributed by atoms with Gasteiger partial charge in [0.1, 0.15) is 29.7 Å². The van der Waals surface area contributed by atoms with Gasteiger partial charge in [0.25, 0.3) is 5.91 Å². The third-order valence-corrected chi connectivity index (χ3v) is 4.97. The smallest absolute Gasteiger partial charge is 0.266 e. The molecule has 3 aromatic carbocycles. The van der Waals surface area contributed by atoms with Crippen molar-refractivity contribution in [1.82, 2.24) is 0 Å². The quantitative estimate of drug-likeness (QED) is 0.308. The Labute approximate surface area is 199 Å². The molecule has 33 heavy (non-hydrogen) atoms. The topological polar surface area (TPSA) is 71.3 Å². The molecule has 1 N–H and O–H groups in total. The van der Waals surface area contributed by atoms with Crippen LogP contribution in [0.25, 0.3) is 6.08 Å². The van der Waals surface area contributed by atoms with Crippen molar-refractivity contribution in [3.63, 3.8) is 0 Å². The van der Waals surface area contributed by atoms with Crippen LogP contribution in [0.3, 0.4) is 0 Å². The van der Waals surface area contributed by atoms with Crippen LogP contribution in [-0.2, 0) is 11.4 Å². The summed E-state index contributed by atoms with van der Waals surface area (Å²) in [6.45, 7) is 6.88. The minimum absolute atomic E-state index is 0.0672. The zero-order valence-corrected chi connectivity index (χ0v) is 19.6. The first-order chi connectivity index (χ1) is 15.9. The van der Waals surface area contributed by atoms with Crippen molar-refractivity contribution in [3.05, 3.63) is 93.5 Å². The Morgan fingerprint density at radius 3 is 2.36 bits per heavy atom. The molecule has 3 aromatic rings. The molecule has 168 valence electrons. The molecule has 0 saturated heterocycles. The number of anilines is 1. The van der Waals surface area contributed by atoms with Gasteiger partial charge in [-0.25, -0.2) is 0 Å². The molecule has 5 nitrogen and oxygen atoms in total. The van der Waals surface area contributed by atoms with Crippen molar-refractivity contribution in [2.75, 3.05) is 11.9 Å². The maximum Gasteiger partial charge on any atom is 0.266 e. The Hall–Kier alpha value is -3.75. The van der Waals surface area contributed by atoms with Gasteiger partial charge in [0.15, 0.2) is 0 Å². The second-order valence-electron chi connectivity index (χ2n) is 7.55. The fraction of sp³-hybridized carbons (Fsp3) is 0.185. The van der Waals surface area contributed by atoms with Crippen LogP contribution in [-0.4, -0.2) is 12.5 Å².